The first-order valence-corrected chi connectivity index (χ1v) is 6.05. The number of hydrogen-bond acceptors (Lipinski definition) is 5. The van der Waals surface area contributed by atoms with Gasteiger partial charge in [0.15, 0.2) is 0 Å². The molecule has 0 saturated heterocycles. The van der Waals surface area contributed by atoms with Crippen molar-refractivity contribution < 1.29 is 4.92 Å². The second-order valence-corrected chi connectivity index (χ2v) is 4.37. The van der Waals surface area contributed by atoms with Gasteiger partial charge in [-0.05, 0) is 31.5 Å². The Hall–Kier alpha value is -1.99. The number of rotatable bonds is 5. The van der Waals surface area contributed by atoms with Crippen molar-refractivity contribution in [2.24, 2.45) is 5.73 Å². The normalized spacial score (nSPS) is 10.6. The fourth-order valence-corrected chi connectivity index (χ4v) is 1.82. The van der Waals surface area contributed by atoms with E-state index in [2.05, 4.69) is 10.3 Å². The van der Waals surface area contributed by atoms with Crippen LogP contribution < -0.4 is 5.73 Å². The van der Waals surface area contributed by atoms with E-state index in [4.69, 9.17) is 17.3 Å². The molecule has 1 heterocycles. The summed E-state index contributed by atoms with van der Waals surface area (Å²) in [5, 5.41) is 19.1. The van der Waals surface area contributed by atoms with E-state index in [1.165, 1.54) is 10.7 Å². The van der Waals surface area contributed by atoms with Gasteiger partial charge in [-0.15, -0.1) is 5.10 Å². The van der Waals surface area contributed by atoms with E-state index < -0.39 is 4.92 Å². The molecule has 2 rings (SSSR count). The predicted molar refractivity (Wildman–Crippen MR) is 70.4 cm³/mol. The second-order valence-electron chi connectivity index (χ2n) is 3.94. The monoisotopic (exact) mass is 281 g/mol. The van der Waals surface area contributed by atoms with E-state index in [-0.39, 0.29) is 5.69 Å². The molecule has 1 aromatic carbocycles. The molecular formula is C11H12ClN5O2. The van der Waals surface area contributed by atoms with Gasteiger partial charge in [0, 0.05) is 11.1 Å². The van der Waals surface area contributed by atoms with Crippen molar-refractivity contribution in [1.82, 2.24) is 15.0 Å². The lowest BCUT2D eigenvalue weighted by atomic mass is 10.2. The van der Waals surface area contributed by atoms with Crippen molar-refractivity contribution in [2.75, 3.05) is 6.54 Å². The van der Waals surface area contributed by atoms with E-state index in [1.54, 1.807) is 18.3 Å². The molecule has 2 N–H and O–H groups in total. The fraction of sp³-hybridized carbons (Fsp3) is 0.273. The molecule has 19 heavy (non-hydrogen) atoms. The maximum Gasteiger partial charge on any atom is 0.296 e. The molecule has 0 aliphatic carbocycles. The molecule has 1 aromatic heterocycles. The third-order valence-electron chi connectivity index (χ3n) is 2.56. The van der Waals surface area contributed by atoms with Gasteiger partial charge in [0.25, 0.3) is 5.69 Å². The molecule has 8 heteroatoms. The Balaban J connectivity index is 2.36. The van der Waals surface area contributed by atoms with Crippen molar-refractivity contribution >= 4 is 17.3 Å². The van der Waals surface area contributed by atoms with Crippen LogP contribution in [0.4, 0.5) is 5.69 Å². The van der Waals surface area contributed by atoms with E-state index in [9.17, 15) is 10.1 Å². The highest BCUT2D eigenvalue weighted by molar-refractivity contribution is 6.30. The average Bonchev–Trinajstić information content (AvgIpc) is 2.84. The number of hydrogen-bond donors (Lipinski definition) is 1. The van der Waals surface area contributed by atoms with E-state index in [1.807, 2.05) is 0 Å². The Morgan fingerprint density at radius 1 is 1.47 bits per heavy atom. The summed E-state index contributed by atoms with van der Waals surface area (Å²) in [6.07, 6.45) is 3.14. The van der Waals surface area contributed by atoms with Crippen LogP contribution in [-0.2, 0) is 6.42 Å². The minimum Gasteiger partial charge on any atom is -0.330 e. The van der Waals surface area contributed by atoms with Gasteiger partial charge in [0.05, 0.1) is 16.8 Å². The highest BCUT2D eigenvalue weighted by Gasteiger charge is 2.17. The van der Waals surface area contributed by atoms with Crippen LogP contribution in [0.5, 0.6) is 0 Å². The molecule has 0 unspecified atom stereocenters. The van der Waals surface area contributed by atoms with Crippen molar-refractivity contribution in [1.29, 1.82) is 0 Å². The lowest BCUT2D eigenvalue weighted by Crippen LogP contribution is -2.01. The molecule has 0 bridgehead atoms. The van der Waals surface area contributed by atoms with Crippen LogP contribution in [-0.4, -0.2) is 26.5 Å². The molecular weight excluding hydrogens is 270 g/mol. The van der Waals surface area contributed by atoms with Crippen molar-refractivity contribution in [3.63, 3.8) is 0 Å². The highest BCUT2D eigenvalue weighted by atomic mass is 35.5. The summed E-state index contributed by atoms with van der Waals surface area (Å²) in [6, 6.07) is 4.41. The fourth-order valence-electron chi connectivity index (χ4n) is 1.65. The molecule has 0 aliphatic rings. The first-order valence-electron chi connectivity index (χ1n) is 5.67. The highest BCUT2D eigenvalue weighted by Crippen LogP contribution is 2.26. The molecule has 0 radical (unpaired) electrons. The van der Waals surface area contributed by atoms with Crippen LogP contribution >= 0.6 is 11.6 Å². The predicted octanol–water partition coefficient (Wildman–Crippen LogP) is 1.72. The Bertz CT molecular complexity index is 599. The van der Waals surface area contributed by atoms with Gasteiger partial charge in [0.2, 0.25) is 0 Å². The molecule has 0 saturated carbocycles. The van der Waals surface area contributed by atoms with E-state index in [0.29, 0.717) is 23.7 Å². The summed E-state index contributed by atoms with van der Waals surface area (Å²) in [5.74, 6) is 0. The molecule has 0 aliphatic heterocycles. The average molecular weight is 282 g/mol. The molecule has 0 fully saturated rings. The van der Waals surface area contributed by atoms with Crippen molar-refractivity contribution in [3.05, 3.63) is 45.2 Å². The summed E-state index contributed by atoms with van der Waals surface area (Å²) < 4.78 is 1.38. The van der Waals surface area contributed by atoms with Crippen molar-refractivity contribution in [2.45, 2.75) is 12.8 Å². The maximum atomic E-state index is 11.0. The zero-order valence-electron chi connectivity index (χ0n) is 9.99. The smallest absolute Gasteiger partial charge is 0.296 e. The van der Waals surface area contributed by atoms with Gasteiger partial charge >= 0.3 is 0 Å². The number of aryl methyl sites for hydroxylation is 1. The summed E-state index contributed by atoms with van der Waals surface area (Å²) in [5.41, 5.74) is 6.39. The summed E-state index contributed by atoms with van der Waals surface area (Å²) in [7, 11) is 0. The number of nitro groups is 1. The van der Waals surface area contributed by atoms with Crippen molar-refractivity contribution in [3.8, 4) is 5.69 Å². The molecule has 2 aromatic rings. The lowest BCUT2D eigenvalue weighted by molar-refractivity contribution is -0.384. The summed E-state index contributed by atoms with van der Waals surface area (Å²) in [4.78, 5) is 10.5. The topological polar surface area (TPSA) is 99.9 Å². The van der Waals surface area contributed by atoms with E-state index >= 15 is 0 Å². The summed E-state index contributed by atoms with van der Waals surface area (Å²) >= 11 is 5.76. The number of nitro benzene ring substituents is 1. The van der Waals surface area contributed by atoms with Gasteiger partial charge in [0.1, 0.15) is 5.69 Å². The van der Waals surface area contributed by atoms with Crippen LogP contribution in [0.1, 0.15) is 12.1 Å². The molecule has 7 nitrogen and oxygen atoms in total. The second kappa shape index (κ2) is 5.77. The Labute approximate surface area is 114 Å². The summed E-state index contributed by atoms with van der Waals surface area (Å²) in [6.45, 7) is 0.563. The largest absolute Gasteiger partial charge is 0.330 e. The van der Waals surface area contributed by atoms with Crippen LogP contribution in [0, 0.1) is 10.1 Å². The molecule has 0 atom stereocenters. The van der Waals surface area contributed by atoms with Crippen LogP contribution in [0.3, 0.4) is 0 Å². The number of nitrogens with zero attached hydrogens (tertiary/aromatic N) is 4. The number of halogens is 1. The number of aromatic nitrogens is 3. The quantitative estimate of drug-likeness (QED) is 0.664. The zero-order valence-corrected chi connectivity index (χ0v) is 10.7. The molecule has 100 valence electrons. The Morgan fingerprint density at radius 2 is 2.26 bits per heavy atom. The first kappa shape index (κ1) is 13.4. The third kappa shape index (κ3) is 3.07. The lowest BCUT2D eigenvalue weighted by Gasteiger charge is -2.01. The van der Waals surface area contributed by atoms with Crippen LogP contribution in [0.15, 0.2) is 24.4 Å². The van der Waals surface area contributed by atoms with Gasteiger partial charge in [-0.3, -0.25) is 10.1 Å². The van der Waals surface area contributed by atoms with Gasteiger partial charge in [-0.1, -0.05) is 16.8 Å². The Morgan fingerprint density at radius 3 is 2.95 bits per heavy atom. The Kier molecular flexibility index (Phi) is 4.08. The minimum absolute atomic E-state index is 0.109. The minimum atomic E-state index is -0.498. The van der Waals surface area contributed by atoms with Gasteiger partial charge < -0.3 is 5.73 Å². The number of nitrogens with two attached hydrogens (primary N) is 1. The molecule has 0 amide bonds. The standard InChI is InChI=1S/C11H12ClN5O2/c12-8-3-4-10(11(6-8)17(18)19)16-7-9(14-15-16)2-1-5-13/h3-4,6-7H,1-2,5,13H2. The van der Waals surface area contributed by atoms with Gasteiger partial charge in [-0.25, -0.2) is 4.68 Å². The first-order chi connectivity index (χ1) is 9.11. The number of benzene rings is 1. The van der Waals surface area contributed by atoms with Crippen LogP contribution in [0.2, 0.25) is 5.02 Å². The maximum absolute atomic E-state index is 11.0. The van der Waals surface area contributed by atoms with Gasteiger partial charge in [-0.2, -0.15) is 0 Å². The third-order valence-corrected chi connectivity index (χ3v) is 2.79. The van der Waals surface area contributed by atoms with Crippen LogP contribution in [0.25, 0.3) is 5.69 Å². The molecule has 0 spiro atoms. The zero-order chi connectivity index (χ0) is 13.8. The van der Waals surface area contributed by atoms with E-state index in [0.717, 1.165) is 12.1 Å². The SMILES string of the molecule is NCCCc1cn(-c2ccc(Cl)cc2[N+](=O)[O-])nn1.